The molecule has 1 aliphatic rings. The molecule has 0 radical (unpaired) electrons. The fourth-order valence-corrected chi connectivity index (χ4v) is 2.78. The lowest BCUT2D eigenvalue weighted by Gasteiger charge is -2.07. The first-order chi connectivity index (χ1) is 9.78. The third-order valence-corrected chi connectivity index (χ3v) is 4.15. The Hall–Kier alpha value is -2.17. The first-order valence-electron chi connectivity index (χ1n) is 6.96. The van der Waals surface area contributed by atoms with Crippen LogP contribution in [0.25, 0.3) is 0 Å². The number of carbonyl (C=O) groups is 3. The number of carboxylic acids is 1. The zero-order valence-electron chi connectivity index (χ0n) is 12.3. The molecule has 0 heterocycles. The molecule has 0 unspecified atom stereocenters. The molecular weight excluding hydrogens is 270 g/mol. The first-order valence-corrected chi connectivity index (χ1v) is 6.96. The topological polar surface area (TPSA) is 83.5 Å². The van der Waals surface area contributed by atoms with Gasteiger partial charge in [-0.15, -0.1) is 0 Å². The summed E-state index contributed by atoms with van der Waals surface area (Å²) in [6.07, 6.45) is 0.397. The van der Waals surface area contributed by atoms with Gasteiger partial charge in [0.1, 0.15) is 0 Å². The standard InChI is InChI=1S/C16H19NO4/c1-4-11(18)9-6-5-7-10(8-9)17-14(19)12-13(15(20)21)16(12,2)3/h5-8,12-13H,4H2,1-3H3,(H,17,19)(H,20,21)/t12-,13+/m0/s1. The van der Waals surface area contributed by atoms with E-state index >= 15 is 0 Å². The summed E-state index contributed by atoms with van der Waals surface area (Å²) in [4.78, 5) is 35.0. The van der Waals surface area contributed by atoms with E-state index in [1.807, 2.05) is 0 Å². The molecule has 112 valence electrons. The average Bonchev–Trinajstić information content (AvgIpc) is 3.01. The highest BCUT2D eigenvalue weighted by Crippen LogP contribution is 2.58. The summed E-state index contributed by atoms with van der Waals surface area (Å²) in [5, 5.41) is 11.8. The van der Waals surface area contributed by atoms with Gasteiger partial charge in [0.15, 0.2) is 5.78 Å². The molecule has 2 rings (SSSR count). The molecule has 5 heteroatoms. The molecule has 0 bridgehead atoms. The van der Waals surface area contributed by atoms with Gasteiger partial charge in [-0.1, -0.05) is 32.9 Å². The van der Waals surface area contributed by atoms with Crippen molar-refractivity contribution in [1.82, 2.24) is 0 Å². The van der Waals surface area contributed by atoms with Crippen molar-refractivity contribution in [1.29, 1.82) is 0 Å². The third kappa shape index (κ3) is 2.82. The fraction of sp³-hybridized carbons (Fsp3) is 0.438. The number of Topliss-reactive ketones (excluding diaryl/α,β-unsaturated/α-hetero) is 1. The van der Waals surface area contributed by atoms with E-state index in [4.69, 9.17) is 5.11 Å². The van der Waals surface area contributed by atoms with Gasteiger partial charge in [-0.05, 0) is 17.5 Å². The normalized spacial score (nSPS) is 22.4. The Bertz CT molecular complexity index is 606. The quantitative estimate of drug-likeness (QED) is 0.816. The van der Waals surface area contributed by atoms with Gasteiger partial charge in [-0.2, -0.15) is 0 Å². The van der Waals surface area contributed by atoms with E-state index in [2.05, 4.69) is 5.32 Å². The molecule has 1 amide bonds. The Morgan fingerprint density at radius 2 is 1.90 bits per heavy atom. The second-order valence-electron chi connectivity index (χ2n) is 5.96. The summed E-state index contributed by atoms with van der Waals surface area (Å²) in [5.74, 6) is -2.46. The van der Waals surface area contributed by atoms with Crippen molar-refractivity contribution in [3.8, 4) is 0 Å². The summed E-state index contributed by atoms with van der Waals surface area (Å²) in [5.41, 5.74) is 0.526. The third-order valence-electron chi connectivity index (χ3n) is 4.15. The summed E-state index contributed by atoms with van der Waals surface area (Å²) < 4.78 is 0. The van der Waals surface area contributed by atoms with Crippen molar-refractivity contribution < 1.29 is 19.5 Å². The number of benzene rings is 1. The number of hydrogen-bond acceptors (Lipinski definition) is 3. The van der Waals surface area contributed by atoms with E-state index in [0.717, 1.165) is 0 Å². The van der Waals surface area contributed by atoms with Gasteiger partial charge in [0.2, 0.25) is 5.91 Å². The van der Waals surface area contributed by atoms with E-state index in [9.17, 15) is 14.4 Å². The van der Waals surface area contributed by atoms with Gasteiger partial charge in [0.25, 0.3) is 0 Å². The minimum absolute atomic E-state index is 0.00117. The molecule has 0 saturated heterocycles. The number of aliphatic carboxylic acids is 1. The Morgan fingerprint density at radius 1 is 1.24 bits per heavy atom. The van der Waals surface area contributed by atoms with Crippen LogP contribution in [0, 0.1) is 17.3 Å². The highest BCUT2D eigenvalue weighted by atomic mass is 16.4. The SMILES string of the molecule is CCC(=O)c1cccc(NC(=O)[C@@H]2[C@H](C(=O)O)C2(C)C)c1. The zero-order valence-corrected chi connectivity index (χ0v) is 12.3. The Labute approximate surface area is 123 Å². The first kappa shape index (κ1) is 15.2. The molecule has 2 atom stereocenters. The summed E-state index contributed by atoms with van der Waals surface area (Å²) in [6.45, 7) is 5.32. The van der Waals surface area contributed by atoms with Gasteiger partial charge in [0.05, 0.1) is 11.8 Å². The highest BCUT2D eigenvalue weighted by molar-refractivity contribution is 6.01. The molecule has 0 aliphatic heterocycles. The lowest BCUT2D eigenvalue weighted by molar-refractivity contribution is -0.140. The molecule has 1 aliphatic carbocycles. The van der Waals surface area contributed by atoms with Crippen molar-refractivity contribution in [3.63, 3.8) is 0 Å². The van der Waals surface area contributed by atoms with E-state index in [-0.39, 0.29) is 11.7 Å². The van der Waals surface area contributed by atoms with Crippen LogP contribution in [0.4, 0.5) is 5.69 Å². The van der Waals surface area contributed by atoms with E-state index in [0.29, 0.717) is 17.7 Å². The smallest absolute Gasteiger partial charge is 0.307 e. The average molecular weight is 289 g/mol. The second kappa shape index (κ2) is 5.31. The molecule has 1 saturated carbocycles. The number of rotatable bonds is 5. The van der Waals surface area contributed by atoms with Crippen molar-refractivity contribution in [2.75, 3.05) is 5.32 Å². The van der Waals surface area contributed by atoms with Crippen molar-refractivity contribution in [2.45, 2.75) is 27.2 Å². The predicted octanol–water partition coefficient (Wildman–Crippen LogP) is 2.57. The van der Waals surface area contributed by atoms with E-state index < -0.39 is 23.2 Å². The minimum Gasteiger partial charge on any atom is -0.481 e. The molecule has 21 heavy (non-hydrogen) atoms. The molecule has 1 aromatic rings. The van der Waals surface area contributed by atoms with Crippen LogP contribution in [0.2, 0.25) is 0 Å². The molecular formula is C16H19NO4. The van der Waals surface area contributed by atoms with Crippen LogP contribution in [0.3, 0.4) is 0 Å². The molecule has 0 spiro atoms. The number of carbonyl (C=O) groups excluding carboxylic acids is 2. The number of amides is 1. The molecule has 1 fully saturated rings. The van der Waals surface area contributed by atoms with Crippen LogP contribution in [0.15, 0.2) is 24.3 Å². The molecule has 2 N–H and O–H groups in total. The van der Waals surface area contributed by atoms with E-state index in [1.165, 1.54) is 0 Å². The highest BCUT2D eigenvalue weighted by Gasteiger charge is 2.65. The van der Waals surface area contributed by atoms with Crippen molar-refractivity contribution in [3.05, 3.63) is 29.8 Å². The van der Waals surface area contributed by atoms with Crippen LogP contribution in [0.5, 0.6) is 0 Å². The largest absolute Gasteiger partial charge is 0.481 e. The number of ketones is 1. The second-order valence-corrected chi connectivity index (χ2v) is 5.96. The number of hydrogen-bond donors (Lipinski definition) is 2. The van der Waals surface area contributed by atoms with E-state index in [1.54, 1.807) is 45.0 Å². The maximum Gasteiger partial charge on any atom is 0.307 e. The van der Waals surface area contributed by atoms with Crippen LogP contribution in [-0.4, -0.2) is 22.8 Å². The lowest BCUT2D eigenvalue weighted by Crippen LogP contribution is -2.18. The number of anilines is 1. The Morgan fingerprint density at radius 3 is 2.43 bits per heavy atom. The summed E-state index contributed by atoms with van der Waals surface area (Å²) in [7, 11) is 0. The monoisotopic (exact) mass is 289 g/mol. The van der Waals surface area contributed by atoms with Crippen molar-refractivity contribution in [2.24, 2.45) is 17.3 Å². The van der Waals surface area contributed by atoms with Crippen LogP contribution in [-0.2, 0) is 9.59 Å². The van der Waals surface area contributed by atoms with Crippen LogP contribution >= 0.6 is 0 Å². The van der Waals surface area contributed by atoms with Gasteiger partial charge in [-0.3, -0.25) is 14.4 Å². The van der Waals surface area contributed by atoms with Gasteiger partial charge >= 0.3 is 5.97 Å². The maximum atomic E-state index is 12.2. The fourth-order valence-electron chi connectivity index (χ4n) is 2.78. The van der Waals surface area contributed by atoms with Crippen LogP contribution in [0.1, 0.15) is 37.6 Å². The number of nitrogens with one attached hydrogen (secondary N) is 1. The minimum atomic E-state index is -0.949. The molecule has 5 nitrogen and oxygen atoms in total. The van der Waals surface area contributed by atoms with Crippen LogP contribution < -0.4 is 5.32 Å². The Balaban J connectivity index is 2.11. The summed E-state index contributed by atoms with van der Waals surface area (Å²) >= 11 is 0. The molecule has 1 aromatic carbocycles. The van der Waals surface area contributed by atoms with Gasteiger partial charge in [0, 0.05) is 17.7 Å². The van der Waals surface area contributed by atoms with Gasteiger partial charge in [-0.25, -0.2) is 0 Å². The molecule has 0 aromatic heterocycles. The maximum absolute atomic E-state index is 12.2. The predicted molar refractivity (Wildman–Crippen MR) is 78.1 cm³/mol. The van der Waals surface area contributed by atoms with Crippen molar-refractivity contribution >= 4 is 23.3 Å². The lowest BCUT2D eigenvalue weighted by atomic mass is 10.1. The summed E-state index contributed by atoms with van der Waals surface area (Å²) in [6, 6.07) is 6.71. The zero-order chi connectivity index (χ0) is 15.8. The number of carboxylic acid groups (broad SMARTS) is 1. The Kier molecular flexibility index (Phi) is 3.85. The van der Waals surface area contributed by atoms with Gasteiger partial charge < -0.3 is 10.4 Å².